The second kappa shape index (κ2) is 3.84. The summed E-state index contributed by atoms with van der Waals surface area (Å²) in [4.78, 5) is 0. The van der Waals surface area contributed by atoms with Gasteiger partial charge in [-0.25, -0.2) is 0 Å². The van der Waals surface area contributed by atoms with E-state index in [-0.39, 0.29) is 24.8 Å². The molecule has 0 heterocycles. The van der Waals surface area contributed by atoms with Gasteiger partial charge in [-0.3, -0.25) is 0 Å². The molecule has 0 aromatic heterocycles. The maximum absolute atomic E-state index is 6.08. The number of nitrogens with two attached hydrogens (primary N) is 1. The Morgan fingerprint density at radius 2 is 2.12 bits per heavy atom. The molecule has 94 valence electrons. The predicted octanol–water partition coefficient (Wildman–Crippen LogP) is -0.0134. The molecule has 3 aliphatic rings. The SMILES string of the molecule is CC(C)(N)[I-]CCCC12CC1C1CCC[C@@H]12. The van der Waals surface area contributed by atoms with Crippen LogP contribution in [0.3, 0.4) is 0 Å². The van der Waals surface area contributed by atoms with Crippen LogP contribution in [0.1, 0.15) is 52.4 Å². The minimum absolute atomic E-state index is 0.162. The van der Waals surface area contributed by atoms with Gasteiger partial charge in [0.1, 0.15) is 0 Å². The zero-order chi connectivity index (χ0) is 11.4. The molecular weight excluding hydrogens is 309 g/mol. The van der Waals surface area contributed by atoms with Crippen LogP contribution in [0.2, 0.25) is 0 Å². The summed E-state index contributed by atoms with van der Waals surface area (Å²) >= 11 is 0.227. The van der Waals surface area contributed by atoms with Crippen molar-refractivity contribution in [2.45, 2.75) is 55.9 Å². The van der Waals surface area contributed by atoms with E-state index in [4.69, 9.17) is 5.73 Å². The molecule has 4 atom stereocenters. The van der Waals surface area contributed by atoms with Gasteiger partial charge in [-0.2, -0.15) is 0 Å². The van der Waals surface area contributed by atoms with Crippen LogP contribution in [0.4, 0.5) is 0 Å². The van der Waals surface area contributed by atoms with Crippen LogP contribution in [0.15, 0.2) is 0 Å². The Morgan fingerprint density at radius 3 is 2.88 bits per heavy atom. The molecule has 3 aliphatic carbocycles. The topological polar surface area (TPSA) is 26.0 Å². The Bertz CT molecular complexity index is 283. The number of halogens is 1. The normalized spacial score (nSPS) is 45.1. The van der Waals surface area contributed by atoms with E-state index in [1.807, 2.05) is 0 Å². The molecule has 2 heteroatoms. The number of rotatable bonds is 5. The van der Waals surface area contributed by atoms with E-state index >= 15 is 0 Å². The molecular formula is C14H25IN-. The van der Waals surface area contributed by atoms with Crippen LogP contribution in [0, 0.1) is 23.2 Å². The molecule has 16 heavy (non-hydrogen) atoms. The van der Waals surface area contributed by atoms with Gasteiger partial charge in [0.2, 0.25) is 0 Å². The third-order valence-corrected chi connectivity index (χ3v) is 8.49. The molecule has 3 fully saturated rings. The standard InChI is InChI=1S/C14H25IN/c1-13(2,16)15-8-4-7-14-9-12(14)10-5-3-6-11(10)14/h10-12H,3-9,16H2,1-2H3/q-1/t10?,11-,12?,14?/m0/s1. The van der Waals surface area contributed by atoms with Crippen molar-refractivity contribution in [2.75, 3.05) is 4.43 Å². The average molecular weight is 334 g/mol. The molecule has 0 bridgehead atoms. The second-order valence-corrected chi connectivity index (χ2v) is 11.4. The number of alkyl halides is 2. The van der Waals surface area contributed by atoms with Crippen molar-refractivity contribution < 1.29 is 21.2 Å². The molecule has 3 unspecified atom stereocenters. The number of hydrogen-bond acceptors (Lipinski definition) is 1. The van der Waals surface area contributed by atoms with E-state index in [2.05, 4.69) is 13.8 Å². The molecule has 3 rings (SSSR count). The first-order valence-corrected chi connectivity index (χ1v) is 9.53. The van der Waals surface area contributed by atoms with Crippen molar-refractivity contribution in [3.63, 3.8) is 0 Å². The Labute approximate surface area is 110 Å². The summed E-state index contributed by atoms with van der Waals surface area (Å²) in [6.07, 6.45) is 9.31. The molecule has 2 N–H and O–H groups in total. The molecule has 0 saturated heterocycles. The van der Waals surface area contributed by atoms with Crippen LogP contribution in [0.25, 0.3) is 0 Å². The molecule has 0 spiro atoms. The van der Waals surface area contributed by atoms with Gasteiger partial charge < -0.3 is 0 Å². The fourth-order valence-electron chi connectivity index (χ4n) is 4.60. The second-order valence-electron chi connectivity index (χ2n) is 6.74. The van der Waals surface area contributed by atoms with Crippen LogP contribution in [-0.2, 0) is 0 Å². The Kier molecular flexibility index (Phi) is 2.82. The monoisotopic (exact) mass is 334 g/mol. The van der Waals surface area contributed by atoms with E-state index in [0.717, 1.165) is 5.41 Å². The summed E-state index contributed by atoms with van der Waals surface area (Å²) in [7, 11) is 0. The van der Waals surface area contributed by atoms with Gasteiger partial charge in [0, 0.05) is 0 Å². The molecule has 0 radical (unpaired) electrons. The Morgan fingerprint density at radius 1 is 1.31 bits per heavy atom. The first kappa shape index (κ1) is 11.8. The molecule has 0 aromatic rings. The zero-order valence-corrected chi connectivity index (χ0v) is 12.8. The quantitative estimate of drug-likeness (QED) is 0.325. The van der Waals surface area contributed by atoms with Gasteiger partial charge in [-0.15, -0.1) is 0 Å². The molecule has 0 aromatic carbocycles. The van der Waals surface area contributed by atoms with Crippen LogP contribution < -0.4 is 26.9 Å². The van der Waals surface area contributed by atoms with Crippen LogP contribution in [-0.4, -0.2) is 7.97 Å². The van der Waals surface area contributed by atoms with Crippen molar-refractivity contribution in [1.29, 1.82) is 0 Å². The third kappa shape index (κ3) is 1.84. The number of hydrogen-bond donors (Lipinski definition) is 1. The van der Waals surface area contributed by atoms with E-state index < -0.39 is 0 Å². The van der Waals surface area contributed by atoms with E-state index in [1.165, 1.54) is 35.0 Å². The van der Waals surface area contributed by atoms with Crippen LogP contribution >= 0.6 is 0 Å². The van der Waals surface area contributed by atoms with Gasteiger partial charge in [0.15, 0.2) is 0 Å². The molecule has 3 saturated carbocycles. The minimum atomic E-state index is 0.162. The van der Waals surface area contributed by atoms with Crippen LogP contribution in [0.5, 0.6) is 0 Å². The number of fused-ring (bicyclic) bond motifs is 4. The molecule has 0 amide bonds. The maximum atomic E-state index is 6.08. The van der Waals surface area contributed by atoms with Crippen molar-refractivity contribution >= 4 is 0 Å². The average Bonchev–Trinajstić information content (AvgIpc) is 2.62. The Hall–Kier alpha value is 0.690. The van der Waals surface area contributed by atoms with Crippen molar-refractivity contribution in [3.8, 4) is 0 Å². The van der Waals surface area contributed by atoms with Gasteiger partial charge in [0.05, 0.1) is 0 Å². The molecule has 1 nitrogen and oxygen atoms in total. The van der Waals surface area contributed by atoms with E-state index in [1.54, 1.807) is 25.7 Å². The van der Waals surface area contributed by atoms with Gasteiger partial charge >= 0.3 is 110 Å². The third-order valence-electron chi connectivity index (χ3n) is 5.22. The van der Waals surface area contributed by atoms with Crippen molar-refractivity contribution in [3.05, 3.63) is 0 Å². The summed E-state index contributed by atoms with van der Waals surface area (Å²) in [6.45, 7) is 4.41. The first-order chi connectivity index (χ1) is 7.53. The summed E-state index contributed by atoms with van der Waals surface area (Å²) in [5.41, 5.74) is 6.97. The van der Waals surface area contributed by atoms with Crippen molar-refractivity contribution in [2.24, 2.45) is 28.9 Å². The van der Waals surface area contributed by atoms with Gasteiger partial charge in [-0.05, 0) is 0 Å². The van der Waals surface area contributed by atoms with Crippen molar-refractivity contribution in [1.82, 2.24) is 0 Å². The summed E-state index contributed by atoms with van der Waals surface area (Å²) in [5, 5.41) is 0. The van der Waals surface area contributed by atoms with Gasteiger partial charge in [-0.1, -0.05) is 0 Å². The predicted molar refractivity (Wildman–Crippen MR) is 63.7 cm³/mol. The van der Waals surface area contributed by atoms with E-state index in [0.29, 0.717) is 0 Å². The zero-order valence-electron chi connectivity index (χ0n) is 10.6. The van der Waals surface area contributed by atoms with E-state index in [9.17, 15) is 0 Å². The fourth-order valence-corrected chi connectivity index (χ4v) is 6.75. The summed E-state index contributed by atoms with van der Waals surface area (Å²) < 4.78 is 1.61. The summed E-state index contributed by atoms with van der Waals surface area (Å²) in [5.74, 6) is 3.53. The molecule has 0 aliphatic heterocycles. The Balaban J connectivity index is 1.41. The summed E-state index contributed by atoms with van der Waals surface area (Å²) in [6, 6.07) is 0. The first-order valence-electron chi connectivity index (χ1n) is 6.92. The van der Waals surface area contributed by atoms with Gasteiger partial charge in [0.25, 0.3) is 0 Å². The fraction of sp³-hybridized carbons (Fsp3) is 1.00.